The van der Waals surface area contributed by atoms with Crippen molar-refractivity contribution in [2.24, 2.45) is 0 Å². The van der Waals surface area contributed by atoms with E-state index in [0.29, 0.717) is 12.8 Å². The Bertz CT molecular complexity index is 1200. The molecule has 1 N–H and O–H groups in total. The van der Waals surface area contributed by atoms with E-state index in [1.807, 2.05) is 0 Å². The van der Waals surface area contributed by atoms with E-state index in [0.717, 1.165) is 52.1 Å². The minimum absolute atomic E-state index is 0.226. The first-order chi connectivity index (χ1) is 31.8. The van der Waals surface area contributed by atoms with Crippen LogP contribution in [0.2, 0.25) is 0 Å². The molecule has 380 valence electrons. The zero-order chi connectivity index (χ0) is 47.4. The number of unbranched alkanes of at least 4 members (excludes halogenated alkanes) is 32. The van der Waals surface area contributed by atoms with Crippen LogP contribution in [0.4, 0.5) is 0 Å². The Kier molecular flexibility index (Phi) is 49.8. The van der Waals surface area contributed by atoms with Crippen molar-refractivity contribution in [1.29, 1.82) is 0 Å². The monoisotopic (exact) mass is 935 g/mol. The number of rotatable bonds is 51. The highest BCUT2D eigenvalue weighted by Crippen LogP contribution is 2.42. The van der Waals surface area contributed by atoms with E-state index in [9.17, 15) is 19.0 Å². The zero-order valence-corrected chi connectivity index (χ0v) is 43.5. The molecule has 0 heterocycles. The van der Waals surface area contributed by atoms with Crippen LogP contribution in [-0.4, -0.2) is 43.3 Å². The maximum Gasteiger partial charge on any atom is 0.472 e. The van der Waals surface area contributed by atoms with E-state index in [-0.39, 0.29) is 19.0 Å². The van der Waals surface area contributed by atoms with Crippen molar-refractivity contribution in [3.05, 3.63) is 48.6 Å². The topological polar surface area (TPSA) is 108 Å². The fraction of sp³-hybridized carbons (Fsp3) is 0.821. The Hall–Kier alpha value is -1.99. The highest BCUT2D eigenvalue weighted by Gasteiger charge is 2.24. The first-order valence-electron chi connectivity index (χ1n) is 27.3. The number of carbonyl (C=O) groups is 2. The van der Waals surface area contributed by atoms with Gasteiger partial charge in [0.05, 0.1) is 6.61 Å². The summed E-state index contributed by atoms with van der Waals surface area (Å²) in [7, 11) is -3.20. The van der Waals surface area contributed by atoms with Crippen molar-refractivity contribution in [1.82, 2.24) is 0 Å². The summed E-state index contributed by atoms with van der Waals surface area (Å²) in [4.78, 5) is 34.7. The third kappa shape index (κ3) is 51.2. The molecule has 0 rings (SSSR count). The molecular formula is C56H103O8P. The van der Waals surface area contributed by atoms with Crippen molar-refractivity contribution >= 4 is 19.8 Å². The second-order valence-electron chi connectivity index (χ2n) is 18.4. The molecule has 0 aliphatic rings. The largest absolute Gasteiger partial charge is 0.472 e. The smallest absolute Gasteiger partial charge is 0.462 e. The van der Waals surface area contributed by atoms with E-state index in [4.69, 9.17) is 14.0 Å². The number of ether oxygens (including phenoxy) is 2. The number of phosphoric acid groups is 1. The van der Waals surface area contributed by atoms with E-state index in [1.165, 1.54) is 193 Å². The molecular weight excluding hydrogens is 832 g/mol. The Morgan fingerprint density at radius 3 is 1.08 bits per heavy atom. The number of hydrogen-bond acceptors (Lipinski definition) is 7. The van der Waals surface area contributed by atoms with Crippen molar-refractivity contribution in [2.45, 2.75) is 277 Å². The number of allylic oxidation sites excluding steroid dienone is 8. The van der Waals surface area contributed by atoms with Gasteiger partial charge in [0, 0.05) is 20.0 Å². The third-order valence-corrected chi connectivity index (χ3v) is 13.0. The van der Waals surface area contributed by atoms with Gasteiger partial charge in [-0.3, -0.25) is 18.6 Å². The molecule has 9 heteroatoms. The van der Waals surface area contributed by atoms with Crippen LogP contribution in [-0.2, 0) is 32.7 Å². The van der Waals surface area contributed by atoms with Crippen LogP contribution in [0.5, 0.6) is 0 Å². The predicted molar refractivity (Wildman–Crippen MR) is 276 cm³/mol. The van der Waals surface area contributed by atoms with Gasteiger partial charge >= 0.3 is 19.8 Å². The Morgan fingerprint density at radius 1 is 0.431 bits per heavy atom. The average Bonchev–Trinajstić information content (AvgIpc) is 3.30. The lowest BCUT2D eigenvalue weighted by atomic mass is 10.0. The first kappa shape index (κ1) is 63.0. The lowest BCUT2D eigenvalue weighted by molar-refractivity contribution is -0.161. The molecule has 65 heavy (non-hydrogen) atoms. The van der Waals surface area contributed by atoms with Crippen molar-refractivity contribution in [3.63, 3.8) is 0 Å². The molecule has 2 atom stereocenters. The second-order valence-corrected chi connectivity index (χ2v) is 19.9. The second kappa shape index (κ2) is 51.4. The zero-order valence-electron chi connectivity index (χ0n) is 42.6. The van der Waals surface area contributed by atoms with Crippen molar-refractivity contribution in [2.75, 3.05) is 20.3 Å². The number of phosphoric ester groups is 1. The molecule has 0 aromatic carbocycles. The van der Waals surface area contributed by atoms with Gasteiger partial charge < -0.3 is 14.4 Å². The van der Waals surface area contributed by atoms with Crippen LogP contribution in [0.3, 0.4) is 0 Å². The van der Waals surface area contributed by atoms with Crippen LogP contribution >= 0.6 is 7.82 Å². The number of esters is 2. The molecule has 0 aromatic heterocycles. The summed E-state index contributed by atoms with van der Waals surface area (Å²) in [6.45, 7) is 3.90. The fourth-order valence-corrected chi connectivity index (χ4v) is 8.30. The van der Waals surface area contributed by atoms with E-state index in [2.05, 4.69) is 67.0 Å². The van der Waals surface area contributed by atoms with Gasteiger partial charge in [0.1, 0.15) is 6.61 Å². The van der Waals surface area contributed by atoms with Gasteiger partial charge in [-0.15, -0.1) is 0 Å². The molecule has 0 saturated carbocycles. The number of carbonyl (C=O) groups excluding carboxylic acids is 2. The van der Waals surface area contributed by atoms with Crippen molar-refractivity contribution < 1.29 is 37.6 Å². The van der Waals surface area contributed by atoms with Gasteiger partial charge in [-0.1, -0.05) is 229 Å². The minimum Gasteiger partial charge on any atom is -0.462 e. The molecule has 0 aliphatic carbocycles. The molecule has 0 spiro atoms. The van der Waals surface area contributed by atoms with Gasteiger partial charge in [-0.2, -0.15) is 0 Å². The Balaban J connectivity index is 3.87. The molecule has 0 bridgehead atoms. The average molecular weight is 935 g/mol. The summed E-state index contributed by atoms with van der Waals surface area (Å²) in [6.07, 6.45) is 64.6. The van der Waals surface area contributed by atoms with Gasteiger partial charge in [-0.25, -0.2) is 4.57 Å². The molecule has 0 aliphatic heterocycles. The van der Waals surface area contributed by atoms with Crippen LogP contribution in [0.1, 0.15) is 271 Å². The molecule has 0 fully saturated rings. The van der Waals surface area contributed by atoms with Crippen LogP contribution in [0.25, 0.3) is 0 Å². The summed E-state index contributed by atoms with van der Waals surface area (Å²) in [5.74, 6) is -0.799. The standard InChI is InChI=1S/C56H103O8P/c1-4-6-8-10-12-14-16-18-20-22-24-26-28-30-32-34-36-38-40-42-44-46-48-50-55(57)62-52-54(53-63-65(59,60)61-3)64-56(58)51-49-47-45-43-41-39-37-35-33-31-29-27-25-23-21-19-17-15-13-11-9-7-5-2/h16-19,22-25,54H,4-15,20-21,26-53H2,1-3H3,(H,59,60)/b18-16-,19-17-,24-22-,25-23-. The van der Waals surface area contributed by atoms with E-state index < -0.39 is 26.5 Å². The van der Waals surface area contributed by atoms with Crippen LogP contribution in [0.15, 0.2) is 48.6 Å². The third-order valence-electron chi connectivity index (χ3n) is 12.0. The quantitative estimate of drug-likeness (QED) is 0.0278. The summed E-state index contributed by atoms with van der Waals surface area (Å²) in [5, 5.41) is 0. The Morgan fingerprint density at radius 2 is 0.738 bits per heavy atom. The lowest BCUT2D eigenvalue weighted by Gasteiger charge is -2.19. The first-order valence-corrected chi connectivity index (χ1v) is 28.8. The predicted octanol–water partition coefficient (Wildman–Crippen LogP) is 18.1. The van der Waals surface area contributed by atoms with Crippen LogP contribution < -0.4 is 0 Å². The molecule has 2 unspecified atom stereocenters. The van der Waals surface area contributed by atoms with E-state index >= 15 is 0 Å². The summed E-state index contributed by atoms with van der Waals surface area (Å²) in [6, 6.07) is 0. The van der Waals surface area contributed by atoms with E-state index in [1.54, 1.807) is 0 Å². The Labute approximate surface area is 401 Å². The molecule has 0 aromatic rings. The summed E-state index contributed by atoms with van der Waals surface area (Å²) >= 11 is 0. The summed E-state index contributed by atoms with van der Waals surface area (Å²) in [5.41, 5.74) is 0. The fourth-order valence-electron chi connectivity index (χ4n) is 7.84. The molecule has 8 nitrogen and oxygen atoms in total. The van der Waals surface area contributed by atoms with Crippen molar-refractivity contribution in [3.8, 4) is 0 Å². The van der Waals surface area contributed by atoms with Gasteiger partial charge in [0.25, 0.3) is 0 Å². The molecule has 0 amide bonds. The van der Waals surface area contributed by atoms with Gasteiger partial charge in [0.2, 0.25) is 0 Å². The van der Waals surface area contributed by atoms with Gasteiger partial charge in [-0.05, 0) is 77.0 Å². The molecule has 0 saturated heterocycles. The maximum atomic E-state index is 12.6. The van der Waals surface area contributed by atoms with Crippen LogP contribution in [0, 0.1) is 0 Å². The highest BCUT2D eigenvalue weighted by atomic mass is 31.2. The highest BCUT2D eigenvalue weighted by molar-refractivity contribution is 7.47. The SMILES string of the molecule is CCCCCCC/C=C\C/C=C\CCCCCCCCCCCCCC(=O)OCC(COP(=O)(O)OC)OC(=O)CCCCCCCCCCCCC/C=C\C/C=C\CCCCCCC. The lowest BCUT2D eigenvalue weighted by Crippen LogP contribution is -2.29. The molecule has 0 radical (unpaired) electrons. The maximum absolute atomic E-state index is 12.6. The summed E-state index contributed by atoms with van der Waals surface area (Å²) < 4.78 is 32.2. The minimum atomic E-state index is -4.27. The normalized spacial score (nSPS) is 13.5. The number of hydrogen-bond donors (Lipinski definition) is 1. The van der Waals surface area contributed by atoms with Gasteiger partial charge in [0.15, 0.2) is 6.10 Å².